The van der Waals surface area contributed by atoms with Gasteiger partial charge < -0.3 is 14.7 Å². The molecule has 1 aliphatic rings. The molecule has 0 aromatic heterocycles. The molecule has 1 amide bonds. The Morgan fingerprint density at radius 3 is 2.75 bits per heavy atom. The fourth-order valence-electron chi connectivity index (χ4n) is 2.02. The summed E-state index contributed by atoms with van der Waals surface area (Å²) in [4.78, 5) is 13.3. The van der Waals surface area contributed by atoms with Gasteiger partial charge in [-0.2, -0.15) is 0 Å². The molecule has 1 atom stereocenters. The first-order valence-corrected chi connectivity index (χ1v) is 5.96. The summed E-state index contributed by atoms with van der Waals surface area (Å²) in [6.07, 6.45) is 3.76. The van der Waals surface area contributed by atoms with Crippen LogP contribution < -0.4 is 0 Å². The average molecular weight is 229 g/mol. The number of carbonyl (C=O) groups excluding carboxylic acids is 1. The standard InChI is InChI=1S/C12H23NO3/c1-12(2,15)9-13(3)11(14)7-6-10-5-4-8-16-10/h10,15H,4-9H2,1-3H3. The fourth-order valence-corrected chi connectivity index (χ4v) is 2.02. The first-order chi connectivity index (χ1) is 7.38. The van der Waals surface area contributed by atoms with E-state index in [0.29, 0.717) is 13.0 Å². The average Bonchev–Trinajstić information content (AvgIpc) is 2.63. The molecule has 0 radical (unpaired) electrons. The van der Waals surface area contributed by atoms with Crippen LogP contribution in [0.4, 0.5) is 0 Å². The van der Waals surface area contributed by atoms with Crippen LogP contribution in [0, 0.1) is 0 Å². The van der Waals surface area contributed by atoms with Crippen molar-refractivity contribution in [2.45, 2.75) is 51.2 Å². The number of likely N-dealkylation sites (N-methyl/N-ethyl adjacent to an activating group) is 1. The smallest absolute Gasteiger partial charge is 0.222 e. The van der Waals surface area contributed by atoms with Gasteiger partial charge in [-0.05, 0) is 33.1 Å². The van der Waals surface area contributed by atoms with Crippen LogP contribution in [-0.2, 0) is 9.53 Å². The highest BCUT2D eigenvalue weighted by molar-refractivity contribution is 5.75. The van der Waals surface area contributed by atoms with Crippen molar-refractivity contribution in [1.29, 1.82) is 0 Å². The van der Waals surface area contributed by atoms with E-state index in [1.807, 2.05) is 0 Å². The van der Waals surface area contributed by atoms with E-state index in [-0.39, 0.29) is 12.0 Å². The quantitative estimate of drug-likeness (QED) is 0.770. The van der Waals surface area contributed by atoms with Crippen LogP contribution in [0.1, 0.15) is 39.5 Å². The molecular formula is C12H23NO3. The minimum absolute atomic E-state index is 0.0811. The highest BCUT2D eigenvalue weighted by atomic mass is 16.5. The van der Waals surface area contributed by atoms with Gasteiger partial charge in [-0.15, -0.1) is 0 Å². The van der Waals surface area contributed by atoms with Crippen LogP contribution >= 0.6 is 0 Å². The predicted octanol–water partition coefficient (Wildman–Crippen LogP) is 1.17. The molecule has 4 heteroatoms. The number of ether oxygens (including phenoxy) is 1. The molecule has 0 bridgehead atoms. The van der Waals surface area contributed by atoms with Crippen molar-refractivity contribution in [2.24, 2.45) is 0 Å². The fraction of sp³-hybridized carbons (Fsp3) is 0.917. The number of nitrogens with zero attached hydrogens (tertiary/aromatic N) is 1. The molecular weight excluding hydrogens is 206 g/mol. The summed E-state index contributed by atoms with van der Waals surface area (Å²) in [5, 5.41) is 9.60. The second-order valence-electron chi connectivity index (χ2n) is 5.24. The third kappa shape index (κ3) is 4.94. The lowest BCUT2D eigenvalue weighted by Gasteiger charge is -2.25. The summed E-state index contributed by atoms with van der Waals surface area (Å²) in [6.45, 7) is 4.61. The van der Waals surface area contributed by atoms with E-state index in [9.17, 15) is 9.90 Å². The second kappa shape index (κ2) is 5.64. The Labute approximate surface area is 97.6 Å². The Kier molecular flexibility index (Phi) is 4.74. The Bertz CT molecular complexity index is 229. The van der Waals surface area contributed by atoms with E-state index in [1.165, 1.54) is 0 Å². The van der Waals surface area contributed by atoms with Gasteiger partial charge in [-0.3, -0.25) is 4.79 Å². The first-order valence-electron chi connectivity index (χ1n) is 5.96. The van der Waals surface area contributed by atoms with Gasteiger partial charge in [-0.1, -0.05) is 0 Å². The summed E-state index contributed by atoms with van der Waals surface area (Å²) >= 11 is 0. The maximum Gasteiger partial charge on any atom is 0.222 e. The van der Waals surface area contributed by atoms with Gasteiger partial charge in [0.2, 0.25) is 5.91 Å². The van der Waals surface area contributed by atoms with Crippen molar-refractivity contribution >= 4 is 5.91 Å². The maximum atomic E-state index is 11.7. The third-order valence-electron chi connectivity index (χ3n) is 2.75. The Balaban J connectivity index is 2.23. The maximum absolute atomic E-state index is 11.7. The molecule has 1 saturated heterocycles. The van der Waals surface area contributed by atoms with Crippen molar-refractivity contribution in [2.75, 3.05) is 20.2 Å². The van der Waals surface area contributed by atoms with Gasteiger partial charge >= 0.3 is 0 Å². The molecule has 0 aromatic carbocycles. The van der Waals surface area contributed by atoms with E-state index in [0.717, 1.165) is 25.9 Å². The Morgan fingerprint density at radius 2 is 2.25 bits per heavy atom. The lowest BCUT2D eigenvalue weighted by atomic mass is 10.1. The minimum atomic E-state index is -0.825. The van der Waals surface area contributed by atoms with Gasteiger partial charge in [0, 0.05) is 26.6 Å². The number of hydrogen-bond donors (Lipinski definition) is 1. The second-order valence-corrected chi connectivity index (χ2v) is 5.24. The van der Waals surface area contributed by atoms with Crippen LogP contribution in [0.5, 0.6) is 0 Å². The van der Waals surface area contributed by atoms with E-state index >= 15 is 0 Å². The number of carbonyl (C=O) groups is 1. The molecule has 1 aliphatic heterocycles. The largest absolute Gasteiger partial charge is 0.389 e. The van der Waals surface area contributed by atoms with Crippen LogP contribution in [0.3, 0.4) is 0 Å². The molecule has 1 fully saturated rings. The summed E-state index contributed by atoms with van der Waals surface area (Å²) in [5.41, 5.74) is -0.825. The summed E-state index contributed by atoms with van der Waals surface area (Å²) < 4.78 is 5.46. The van der Waals surface area contributed by atoms with Crippen molar-refractivity contribution < 1.29 is 14.6 Å². The lowest BCUT2D eigenvalue weighted by molar-refractivity contribution is -0.133. The zero-order valence-electron chi connectivity index (χ0n) is 10.5. The molecule has 4 nitrogen and oxygen atoms in total. The van der Waals surface area contributed by atoms with E-state index in [1.54, 1.807) is 25.8 Å². The highest BCUT2D eigenvalue weighted by Crippen LogP contribution is 2.17. The normalized spacial score (nSPS) is 21.1. The van der Waals surface area contributed by atoms with Gasteiger partial charge in [0.1, 0.15) is 0 Å². The molecule has 16 heavy (non-hydrogen) atoms. The molecule has 1 rings (SSSR count). The Morgan fingerprint density at radius 1 is 1.56 bits per heavy atom. The zero-order valence-corrected chi connectivity index (χ0v) is 10.5. The summed E-state index contributed by atoms with van der Waals surface area (Å²) in [5.74, 6) is 0.0811. The first kappa shape index (κ1) is 13.5. The molecule has 0 spiro atoms. The SMILES string of the molecule is CN(CC(C)(C)O)C(=O)CCC1CCCO1. The van der Waals surface area contributed by atoms with Gasteiger partial charge in [0.15, 0.2) is 0 Å². The summed E-state index contributed by atoms with van der Waals surface area (Å²) in [7, 11) is 1.73. The van der Waals surface area contributed by atoms with Crippen molar-refractivity contribution in [3.8, 4) is 0 Å². The highest BCUT2D eigenvalue weighted by Gasteiger charge is 2.21. The molecule has 1 unspecified atom stereocenters. The van der Waals surface area contributed by atoms with E-state index in [4.69, 9.17) is 4.74 Å². The van der Waals surface area contributed by atoms with Crippen molar-refractivity contribution in [3.63, 3.8) is 0 Å². The topological polar surface area (TPSA) is 49.8 Å². The van der Waals surface area contributed by atoms with Gasteiger partial charge in [0.05, 0.1) is 11.7 Å². The lowest BCUT2D eigenvalue weighted by Crippen LogP contribution is -2.39. The van der Waals surface area contributed by atoms with E-state index in [2.05, 4.69) is 0 Å². The summed E-state index contributed by atoms with van der Waals surface area (Å²) in [6, 6.07) is 0. The monoisotopic (exact) mass is 229 g/mol. The molecule has 1 N–H and O–H groups in total. The molecule has 1 heterocycles. The molecule has 94 valence electrons. The minimum Gasteiger partial charge on any atom is -0.389 e. The van der Waals surface area contributed by atoms with Crippen molar-refractivity contribution in [1.82, 2.24) is 4.90 Å². The molecule has 0 saturated carbocycles. The van der Waals surface area contributed by atoms with Crippen LogP contribution in [0.2, 0.25) is 0 Å². The number of hydrogen-bond acceptors (Lipinski definition) is 3. The number of rotatable bonds is 5. The Hall–Kier alpha value is -0.610. The molecule has 0 aromatic rings. The zero-order chi connectivity index (χ0) is 12.2. The van der Waals surface area contributed by atoms with Gasteiger partial charge in [0.25, 0.3) is 0 Å². The number of aliphatic hydroxyl groups is 1. The number of amides is 1. The predicted molar refractivity (Wildman–Crippen MR) is 62.1 cm³/mol. The van der Waals surface area contributed by atoms with Crippen LogP contribution in [0.15, 0.2) is 0 Å². The van der Waals surface area contributed by atoms with E-state index < -0.39 is 5.60 Å². The van der Waals surface area contributed by atoms with Gasteiger partial charge in [-0.25, -0.2) is 0 Å². The van der Waals surface area contributed by atoms with Crippen molar-refractivity contribution in [3.05, 3.63) is 0 Å². The third-order valence-corrected chi connectivity index (χ3v) is 2.75. The molecule has 0 aliphatic carbocycles. The van der Waals surface area contributed by atoms with Crippen LogP contribution in [-0.4, -0.2) is 47.8 Å². The van der Waals surface area contributed by atoms with Crippen LogP contribution in [0.25, 0.3) is 0 Å².